The van der Waals surface area contributed by atoms with Gasteiger partial charge in [-0.3, -0.25) is 0 Å². The lowest BCUT2D eigenvalue weighted by molar-refractivity contribution is -0.162. The molecule has 2 rings (SSSR count). The van der Waals surface area contributed by atoms with E-state index >= 15 is 0 Å². The van der Waals surface area contributed by atoms with Gasteiger partial charge in [-0.15, -0.1) is 0 Å². The molecule has 0 fully saturated rings. The molecule has 0 bridgehead atoms. The molecule has 0 unspecified atom stereocenters. The Morgan fingerprint density at radius 1 is 0.786 bits per heavy atom. The summed E-state index contributed by atoms with van der Waals surface area (Å²) in [4.78, 5) is 0. The maximum atomic E-state index is 14.4. The van der Waals surface area contributed by atoms with Gasteiger partial charge in [0, 0.05) is 16.7 Å². The molecule has 1 aromatic carbocycles. The van der Waals surface area contributed by atoms with E-state index in [1.54, 1.807) is 0 Å². The Bertz CT molecular complexity index is 786. The highest BCUT2D eigenvalue weighted by atomic mass is 19.3. The summed E-state index contributed by atoms with van der Waals surface area (Å²) < 4.78 is 85.5. The van der Waals surface area contributed by atoms with Crippen molar-refractivity contribution >= 4 is 6.08 Å². The highest BCUT2D eigenvalue weighted by Crippen LogP contribution is 2.49. The summed E-state index contributed by atoms with van der Waals surface area (Å²) in [6, 6.07) is 2.63. The molecule has 0 amide bonds. The first-order chi connectivity index (χ1) is 13.2. The average Bonchev–Trinajstić information content (AvgIpc) is 2.64. The van der Waals surface area contributed by atoms with Gasteiger partial charge in [0.15, 0.2) is 11.6 Å². The summed E-state index contributed by atoms with van der Waals surface area (Å²) >= 11 is 0. The number of hydrogen-bond acceptors (Lipinski definition) is 0. The van der Waals surface area contributed by atoms with E-state index < -0.39 is 34.6 Å². The molecule has 0 saturated heterocycles. The molecule has 1 aliphatic carbocycles. The molecule has 0 spiro atoms. The van der Waals surface area contributed by atoms with E-state index in [-0.39, 0.29) is 17.5 Å². The molecule has 1 aromatic rings. The second kappa shape index (κ2) is 9.01. The lowest BCUT2D eigenvalue weighted by Gasteiger charge is -2.32. The Hall–Kier alpha value is -1.98. The summed E-state index contributed by atoms with van der Waals surface area (Å²) in [5, 5.41) is 0. The van der Waals surface area contributed by atoms with Crippen LogP contribution in [-0.2, 0) is 6.42 Å². The maximum absolute atomic E-state index is 14.4. The van der Waals surface area contributed by atoms with Crippen molar-refractivity contribution in [1.29, 1.82) is 0 Å². The van der Waals surface area contributed by atoms with E-state index in [1.165, 1.54) is 12.1 Å². The van der Waals surface area contributed by atoms with Crippen LogP contribution in [0.25, 0.3) is 6.08 Å². The Kier molecular flexibility index (Phi) is 7.18. The van der Waals surface area contributed by atoms with Gasteiger partial charge in [0.25, 0.3) is 0 Å². The molecule has 0 heterocycles. The van der Waals surface area contributed by atoms with Crippen LogP contribution in [0.5, 0.6) is 0 Å². The minimum Gasteiger partial charge on any atom is -0.203 e. The number of allylic oxidation sites excluding steroid dienone is 5. The molecule has 0 N–H and O–H groups in total. The van der Waals surface area contributed by atoms with Crippen LogP contribution in [-0.4, -0.2) is 11.8 Å². The molecule has 1 aliphatic rings. The first-order valence-electron chi connectivity index (χ1n) is 9.49. The smallest absolute Gasteiger partial charge is 0.203 e. The van der Waals surface area contributed by atoms with Gasteiger partial charge in [0.05, 0.1) is 0 Å². The molecule has 0 nitrogen and oxygen atoms in total. The van der Waals surface area contributed by atoms with E-state index in [1.807, 2.05) is 13.8 Å². The molecule has 6 heteroatoms. The fraction of sp³-hybridized carbons (Fsp3) is 0.455. The van der Waals surface area contributed by atoms with Gasteiger partial charge in [-0.1, -0.05) is 69.5 Å². The maximum Gasteiger partial charge on any atom is 0.339 e. The summed E-state index contributed by atoms with van der Waals surface area (Å²) in [5.41, 5.74) is -1.63. The predicted octanol–water partition coefficient (Wildman–Crippen LogP) is 7.65. The Balaban J connectivity index is 2.31. The second-order valence-electron chi connectivity index (χ2n) is 6.95. The van der Waals surface area contributed by atoms with Gasteiger partial charge in [-0.25, -0.2) is 8.78 Å². The van der Waals surface area contributed by atoms with Crippen molar-refractivity contribution in [2.75, 3.05) is 0 Å². The summed E-state index contributed by atoms with van der Waals surface area (Å²) in [5.74, 6) is -11.0. The first-order valence-corrected chi connectivity index (χ1v) is 9.49. The molecule has 0 radical (unpaired) electrons. The van der Waals surface area contributed by atoms with Crippen molar-refractivity contribution in [3.05, 3.63) is 64.3 Å². The highest BCUT2D eigenvalue weighted by molar-refractivity contribution is 5.57. The molecule has 28 heavy (non-hydrogen) atoms. The quantitative estimate of drug-likeness (QED) is 0.309. The number of unbranched alkanes of at least 4 members (excludes halogenated alkanes) is 2. The molecular weight excluding hydrogens is 378 g/mol. The molecule has 0 aromatic heterocycles. The van der Waals surface area contributed by atoms with Gasteiger partial charge in [-0.05, 0) is 24.8 Å². The number of benzene rings is 1. The predicted molar refractivity (Wildman–Crippen MR) is 99.6 cm³/mol. The number of alkyl halides is 4. The lowest BCUT2D eigenvalue weighted by Crippen LogP contribution is -2.44. The zero-order valence-electron chi connectivity index (χ0n) is 16.0. The van der Waals surface area contributed by atoms with Crippen LogP contribution in [0.4, 0.5) is 26.3 Å². The van der Waals surface area contributed by atoms with Gasteiger partial charge in [0.2, 0.25) is 0 Å². The van der Waals surface area contributed by atoms with E-state index in [9.17, 15) is 26.3 Å². The summed E-state index contributed by atoms with van der Waals surface area (Å²) in [7, 11) is 0. The van der Waals surface area contributed by atoms with Gasteiger partial charge in [-0.2, -0.15) is 17.6 Å². The number of aryl methyl sites for hydroxylation is 1. The Labute approximate surface area is 161 Å². The van der Waals surface area contributed by atoms with Gasteiger partial charge < -0.3 is 0 Å². The third-order valence-corrected chi connectivity index (χ3v) is 4.83. The van der Waals surface area contributed by atoms with Crippen molar-refractivity contribution < 1.29 is 26.3 Å². The normalized spacial score (nSPS) is 18.3. The van der Waals surface area contributed by atoms with Crippen LogP contribution in [0.2, 0.25) is 0 Å². The van der Waals surface area contributed by atoms with Gasteiger partial charge in [0.1, 0.15) is 0 Å². The summed E-state index contributed by atoms with van der Waals surface area (Å²) in [6.45, 7) is 3.70. The SMILES string of the molecule is CCCCCC1=CC=C(/C=C/c2ccc(CCC)c(F)c2F)C(F)(F)C1(F)F. The average molecular weight is 402 g/mol. The number of halogens is 6. The minimum atomic E-state index is -4.42. The first kappa shape index (κ1) is 22.3. The molecular formula is C22H24F6. The van der Waals surface area contributed by atoms with Crippen LogP contribution in [0.15, 0.2) is 41.5 Å². The highest BCUT2D eigenvalue weighted by Gasteiger charge is 2.60. The largest absolute Gasteiger partial charge is 0.339 e. The van der Waals surface area contributed by atoms with E-state index in [2.05, 4.69) is 0 Å². The van der Waals surface area contributed by atoms with Gasteiger partial charge >= 0.3 is 11.8 Å². The lowest BCUT2D eigenvalue weighted by atomic mass is 9.87. The van der Waals surface area contributed by atoms with Crippen molar-refractivity contribution in [3.8, 4) is 0 Å². The molecule has 0 atom stereocenters. The number of rotatable bonds is 8. The van der Waals surface area contributed by atoms with Crippen molar-refractivity contribution in [2.45, 2.75) is 64.2 Å². The van der Waals surface area contributed by atoms with Crippen LogP contribution in [0.1, 0.15) is 57.1 Å². The Morgan fingerprint density at radius 2 is 1.50 bits per heavy atom. The third-order valence-electron chi connectivity index (χ3n) is 4.83. The van der Waals surface area contributed by atoms with Crippen LogP contribution >= 0.6 is 0 Å². The van der Waals surface area contributed by atoms with Crippen LogP contribution in [0.3, 0.4) is 0 Å². The third kappa shape index (κ3) is 4.36. The monoisotopic (exact) mass is 402 g/mol. The van der Waals surface area contributed by atoms with E-state index in [0.29, 0.717) is 25.7 Å². The second-order valence-corrected chi connectivity index (χ2v) is 6.95. The van der Waals surface area contributed by atoms with E-state index in [0.717, 1.165) is 30.7 Å². The fourth-order valence-corrected chi connectivity index (χ4v) is 3.12. The van der Waals surface area contributed by atoms with Crippen molar-refractivity contribution in [3.63, 3.8) is 0 Å². The summed E-state index contributed by atoms with van der Waals surface area (Å²) in [6.07, 6.45) is 6.28. The zero-order chi connectivity index (χ0) is 20.9. The fourth-order valence-electron chi connectivity index (χ4n) is 3.12. The topological polar surface area (TPSA) is 0 Å². The van der Waals surface area contributed by atoms with Crippen LogP contribution in [0, 0.1) is 11.6 Å². The van der Waals surface area contributed by atoms with Crippen molar-refractivity contribution in [2.24, 2.45) is 0 Å². The van der Waals surface area contributed by atoms with Crippen molar-refractivity contribution in [1.82, 2.24) is 0 Å². The van der Waals surface area contributed by atoms with E-state index in [4.69, 9.17) is 0 Å². The molecule has 0 saturated carbocycles. The number of hydrogen-bond donors (Lipinski definition) is 0. The minimum absolute atomic E-state index is 0.108. The Morgan fingerprint density at radius 3 is 2.14 bits per heavy atom. The molecule has 154 valence electrons. The zero-order valence-corrected chi connectivity index (χ0v) is 16.0. The van der Waals surface area contributed by atoms with Crippen LogP contribution < -0.4 is 0 Å². The molecule has 0 aliphatic heterocycles. The standard InChI is InChI=1S/C22H24F6/c1-3-5-6-8-17-13-14-18(22(27,28)21(17,25)26)12-11-16-10-9-15(7-4-2)19(23)20(16)24/h9-14H,3-8H2,1-2H3/b12-11+.